The molecule has 0 amide bonds. The lowest BCUT2D eigenvalue weighted by Crippen LogP contribution is -2.48. The van der Waals surface area contributed by atoms with E-state index in [0.717, 1.165) is 32.1 Å². The predicted octanol–water partition coefficient (Wildman–Crippen LogP) is 5.52. The summed E-state index contributed by atoms with van der Waals surface area (Å²) in [5.41, 5.74) is 4.10. The summed E-state index contributed by atoms with van der Waals surface area (Å²) >= 11 is 7.84. The van der Waals surface area contributed by atoms with Crippen molar-refractivity contribution in [2.45, 2.75) is 11.4 Å². The van der Waals surface area contributed by atoms with Crippen LogP contribution in [-0.2, 0) is 16.6 Å². The Morgan fingerprint density at radius 2 is 1.67 bits per heavy atom. The van der Waals surface area contributed by atoms with Crippen LogP contribution in [-0.4, -0.2) is 53.2 Å². The van der Waals surface area contributed by atoms with Crippen molar-refractivity contribution < 1.29 is 12.8 Å². The first-order valence-corrected chi connectivity index (χ1v) is 14.2. The van der Waals surface area contributed by atoms with Crippen LogP contribution in [0.2, 0.25) is 5.02 Å². The third-order valence-electron chi connectivity index (χ3n) is 6.51. The summed E-state index contributed by atoms with van der Waals surface area (Å²) < 4.78 is 44.1. The molecule has 1 aliphatic heterocycles. The van der Waals surface area contributed by atoms with E-state index in [-0.39, 0.29) is 4.90 Å². The smallest absolute Gasteiger partial charge is 0.243 e. The second-order valence-electron chi connectivity index (χ2n) is 8.74. The first-order valence-electron chi connectivity index (χ1n) is 11.5. The Morgan fingerprint density at radius 3 is 2.39 bits per heavy atom. The van der Waals surface area contributed by atoms with Crippen molar-refractivity contribution in [1.29, 1.82) is 0 Å². The highest BCUT2D eigenvalue weighted by Gasteiger charge is 2.30. The zero-order valence-electron chi connectivity index (χ0n) is 19.1. The average molecular weight is 541 g/mol. The minimum absolute atomic E-state index is 0.115. The van der Waals surface area contributed by atoms with Gasteiger partial charge in [0.25, 0.3) is 0 Å². The largest absolute Gasteiger partial charge is 0.295 e. The molecule has 0 radical (unpaired) electrons. The lowest BCUT2D eigenvalue weighted by molar-refractivity contribution is 0.180. The molecule has 0 spiro atoms. The van der Waals surface area contributed by atoms with Crippen LogP contribution < -0.4 is 0 Å². The van der Waals surface area contributed by atoms with E-state index in [0.29, 0.717) is 37.7 Å². The van der Waals surface area contributed by atoms with Crippen molar-refractivity contribution in [3.05, 3.63) is 89.3 Å². The van der Waals surface area contributed by atoms with Crippen LogP contribution in [0.1, 0.15) is 5.69 Å². The molecule has 10 heteroatoms. The summed E-state index contributed by atoms with van der Waals surface area (Å²) in [5, 5.41) is 0.690. The second kappa shape index (κ2) is 9.24. The third-order valence-corrected chi connectivity index (χ3v) is 9.66. The number of rotatable bonds is 5. The Bertz CT molecular complexity index is 1660. The highest BCUT2D eigenvalue weighted by molar-refractivity contribution is 7.89. The van der Waals surface area contributed by atoms with Gasteiger partial charge in [-0.25, -0.2) is 17.8 Å². The zero-order valence-corrected chi connectivity index (χ0v) is 21.5. The SMILES string of the molecule is O=S(=O)(c1ccc(F)cc1)N1CCN(Cc2c(-c3ccccc3)nc3sc4cc(Cl)ccc4n23)CC1. The summed E-state index contributed by atoms with van der Waals surface area (Å²) in [4.78, 5) is 8.26. The van der Waals surface area contributed by atoms with Gasteiger partial charge in [-0.05, 0) is 42.5 Å². The van der Waals surface area contributed by atoms with Crippen LogP contribution in [0.15, 0.2) is 77.7 Å². The van der Waals surface area contributed by atoms with Gasteiger partial charge >= 0.3 is 0 Å². The molecule has 0 atom stereocenters. The maximum absolute atomic E-state index is 13.3. The van der Waals surface area contributed by atoms with Crippen LogP contribution in [0.5, 0.6) is 0 Å². The van der Waals surface area contributed by atoms with Gasteiger partial charge in [0.15, 0.2) is 4.96 Å². The Hall–Kier alpha value is -2.82. The van der Waals surface area contributed by atoms with E-state index in [2.05, 4.69) is 21.4 Å². The van der Waals surface area contributed by atoms with Gasteiger partial charge in [-0.2, -0.15) is 4.31 Å². The van der Waals surface area contributed by atoms with E-state index in [1.807, 2.05) is 36.4 Å². The molecular formula is C26H22ClFN4O2S2. The van der Waals surface area contributed by atoms with Gasteiger partial charge < -0.3 is 0 Å². The minimum atomic E-state index is -3.66. The highest BCUT2D eigenvalue weighted by atomic mass is 35.5. The van der Waals surface area contributed by atoms with Crippen molar-refractivity contribution in [2.75, 3.05) is 26.2 Å². The van der Waals surface area contributed by atoms with Crippen LogP contribution in [0.3, 0.4) is 0 Å². The topological polar surface area (TPSA) is 57.9 Å². The van der Waals surface area contributed by atoms with Gasteiger partial charge in [0.05, 0.1) is 26.5 Å². The lowest BCUT2D eigenvalue weighted by atomic mass is 10.1. The van der Waals surface area contributed by atoms with Gasteiger partial charge in [-0.1, -0.05) is 53.3 Å². The predicted molar refractivity (Wildman–Crippen MR) is 141 cm³/mol. The Labute approximate surface area is 217 Å². The normalized spacial score (nSPS) is 15.7. The van der Waals surface area contributed by atoms with E-state index in [4.69, 9.17) is 16.6 Å². The van der Waals surface area contributed by atoms with Crippen LogP contribution in [0, 0.1) is 5.82 Å². The van der Waals surface area contributed by atoms with Crippen LogP contribution in [0.4, 0.5) is 4.39 Å². The summed E-state index contributed by atoms with van der Waals surface area (Å²) in [6.45, 7) is 2.51. The van der Waals surface area contributed by atoms with E-state index in [1.165, 1.54) is 28.6 Å². The van der Waals surface area contributed by atoms with Gasteiger partial charge in [-0.15, -0.1) is 0 Å². The number of benzene rings is 3. The second-order valence-corrected chi connectivity index (χ2v) is 12.1. The third kappa shape index (κ3) is 4.21. The van der Waals surface area contributed by atoms with Crippen molar-refractivity contribution in [3.63, 3.8) is 0 Å². The minimum Gasteiger partial charge on any atom is -0.295 e. The Kier molecular flexibility index (Phi) is 6.05. The summed E-state index contributed by atoms with van der Waals surface area (Å²) in [7, 11) is -3.66. The molecule has 3 heterocycles. The first-order chi connectivity index (χ1) is 17.4. The molecule has 5 aromatic rings. The molecule has 36 heavy (non-hydrogen) atoms. The molecule has 1 fully saturated rings. The number of imidazole rings is 1. The molecule has 0 N–H and O–H groups in total. The van der Waals surface area contributed by atoms with Gasteiger partial charge in [0.1, 0.15) is 5.82 Å². The molecule has 184 valence electrons. The van der Waals surface area contributed by atoms with Crippen molar-refractivity contribution in [3.8, 4) is 11.3 Å². The molecule has 1 aliphatic rings. The number of hydrogen-bond acceptors (Lipinski definition) is 5. The summed E-state index contributed by atoms with van der Waals surface area (Å²) in [5.74, 6) is -0.455. The number of hydrogen-bond donors (Lipinski definition) is 0. The number of sulfonamides is 1. The summed E-state index contributed by atoms with van der Waals surface area (Å²) in [6, 6.07) is 21.0. The van der Waals surface area contributed by atoms with Gasteiger partial charge in [0.2, 0.25) is 10.0 Å². The van der Waals surface area contributed by atoms with Crippen molar-refractivity contribution >= 4 is 48.1 Å². The average Bonchev–Trinajstić information content (AvgIpc) is 3.41. The molecule has 0 aliphatic carbocycles. The number of thiazole rings is 1. The van der Waals surface area contributed by atoms with Gasteiger partial charge in [-0.3, -0.25) is 9.30 Å². The maximum Gasteiger partial charge on any atom is 0.243 e. The van der Waals surface area contributed by atoms with Crippen molar-refractivity contribution in [2.24, 2.45) is 0 Å². The lowest BCUT2D eigenvalue weighted by Gasteiger charge is -2.34. The van der Waals surface area contributed by atoms with E-state index >= 15 is 0 Å². The molecule has 6 nitrogen and oxygen atoms in total. The van der Waals surface area contributed by atoms with Crippen LogP contribution in [0.25, 0.3) is 26.4 Å². The monoisotopic (exact) mass is 540 g/mol. The highest BCUT2D eigenvalue weighted by Crippen LogP contribution is 2.35. The fourth-order valence-electron chi connectivity index (χ4n) is 4.67. The van der Waals surface area contributed by atoms with Crippen molar-refractivity contribution in [1.82, 2.24) is 18.6 Å². The van der Waals surface area contributed by atoms with Crippen LogP contribution >= 0.6 is 22.9 Å². The molecule has 0 bridgehead atoms. The number of fused-ring (bicyclic) bond motifs is 3. The van der Waals surface area contributed by atoms with E-state index < -0.39 is 15.8 Å². The molecule has 6 rings (SSSR count). The summed E-state index contributed by atoms with van der Waals surface area (Å²) in [6.07, 6.45) is 0. The molecular weight excluding hydrogens is 519 g/mol. The van der Waals surface area contributed by atoms with E-state index in [9.17, 15) is 12.8 Å². The number of aromatic nitrogens is 2. The quantitative estimate of drug-likeness (QED) is 0.295. The molecule has 0 saturated carbocycles. The van der Waals surface area contributed by atoms with Gasteiger partial charge in [0, 0.05) is 43.3 Å². The fraction of sp³-hybridized carbons (Fsp3) is 0.192. The number of piperazine rings is 1. The Balaban J connectivity index is 1.31. The Morgan fingerprint density at radius 1 is 0.944 bits per heavy atom. The van der Waals surface area contributed by atoms with E-state index in [1.54, 1.807) is 11.3 Å². The molecule has 0 unspecified atom stereocenters. The number of halogens is 2. The molecule has 2 aromatic heterocycles. The fourth-order valence-corrected chi connectivity index (χ4v) is 7.41. The number of nitrogens with zero attached hydrogens (tertiary/aromatic N) is 4. The standard InChI is InChI=1S/C26H22ClFN4O2S2/c27-19-6-11-22-24(16-19)35-26-29-25(18-4-2-1-3-5-18)23(32(22)26)17-30-12-14-31(15-13-30)36(33,34)21-9-7-20(28)8-10-21/h1-11,16H,12-15,17H2. The zero-order chi connectivity index (χ0) is 24.9. The molecule has 3 aromatic carbocycles. The molecule has 1 saturated heterocycles. The maximum atomic E-state index is 13.3. The first kappa shape index (κ1) is 23.6.